The van der Waals surface area contributed by atoms with Crippen molar-refractivity contribution in [2.24, 2.45) is 0 Å². The molecule has 2 aliphatic rings. The zero-order valence-electron chi connectivity index (χ0n) is 20.4. The molecule has 0 radical (unpaired) electrons. The normalized spacial score (nSPS) is 24.5. The van der Waals surface area contributed by atoms with Crippen LogP contribution < -0.4 is 10.6 Å². The predicted octanol–water partition coefficient (Wildman–Crippen LogP) is 4.49. The maximum Gasteiger partial charge on any atom is 0.224 e. The number of rotatable bonds is 9. The number of nitrogens with one attached hydrogen (secondary N) is 2. The number of nitrogens with zero attached hydrogens (tertiary/aromatic N) is 4. The Morgan fingerprint density at radius 3 is 2.61 bits per heavy atom. The molecule has 1 aliphatic carbocycles. The van der Waals surface area contributed by atoms with Crippen LogP contribution in [0.2, 0.25) is 0 Å². The Morgan fingerprint density at radius 2 is 1.94 bits per heavy atom. The first-order chi connectivity index (χ1) is 16.0. The van der Waals surface area contributed by atoms with Gasteiger partial charge in [-0.2, -0.15) is 4.98 Å². The SMILES string of the molecule is CCC[C@H](C)Nc1ncc(-c2ccc(CC3CCCN3C)cn2)c(NC2CCC(O)CC2)n1. The lowest BCUT2D eigenvalue weighted by Crippen LogP contribution is -2.29. The van der Waals surface area contributed by atoms with Crippen LogP contribution in [0.3, 0.4) is 0 Å². The van der Waals surface area contributed by atoms with E-state index in [2.05, 4.69) is 53.5 Å². The van der Waals surface area contributed by atoms with Gasteiger partial charge >= 0.3 is 0 Å². The Hall–Kier alpha value is -2.25. The summed E-state index contributed by atoms with van der Waals surface area (Å²) in [7, 11) is 2.22. The van der Waals surface area contributed by atoms with Crippen molar-refractivity contribution in [3.63, 3.8) is 0 Å². The second-order valence-electron chi connectivity index (χ2n) is 9.97. The van der Waals surface area contributed by atoms with Gasteiger partial charge in [-0.3, -0.25) is 4.98 Å². The van der Waals surface area contributed by atoms with Crippen molar-refractivity contribution in [3.05, 3.63) is 30.1 Å². The molecule has 33 heavy (non-hydrogen) atoms. The molecule has 4 rings (SSSR count). The molecular formula is C26H40N6O. The molecule has 1 saturated carbocycles. The molecule has 7 nitrogen and oxygen atoms in total. The minimum absolute atomic E-state index is 0.173. The van der Waals surface area contributed by atoms with Gasteiger partial charge in [-0.1, -0.05) is 19.4 Å². The summed E-state index contributed by atoms with van der Waals surface area (Å²) >= 11 is 0. The van der Waals surface area contributed by atoms with Gasteiger partial charge in [0.15, 0.2) is 0 Å². The number of hydrogen-bond acceptors (Lipinski definition) is 7. The van der Waals surface area contributed by atoms with Crippen molar-refractivity contribution < 1.29 is 5.11 Å². The van der Waals surface area contributed by atoms with E-state index in [0.29, 0.717) is 24.1 Å². The van der Waals surface area contributed by atoms with E-state index in [1.165, 1.54) is 24.9 Å². The molecule has 2 atom stereocenters. The van der Waals surface area contributed by atoms with Crippen molar-refractivity contribution in [2.75, 3.05) is 24.2 Å². The largest absolute Gasteiger partial charge is 0.393 e. The molecule has 1 unspecified atom stereocenters. The topological polar surface area (TPSA) is 86.2 Å². The Labute approximate surface area is 198 Å². The van der Waals surface area contributed by atoms with Gasteiger partial charge < -0.3 is 20.6 Å². The summed E-state index contributed by atoms with van der Waals surface area (Å²) in [4.78, 5) is 16.7. The van der Waals surface area contributed by atoms with Gasteiger partial charge in [0.2, 0.25) is 5.95 Å². The van der Waals surface area contributed by atoms with Crippen LogP contribution in [0.15, 0.2) is 24.5 Å². The first-order valence-corrected chi connectivity index (χ1v) is 12.8. The van der Waals surface area contributed by atoms with Crippen LogP contribution in [-0.2, 0) is 6.42 Å². The van der Waals surface area contributed by atoms with Gasteiger partial charge in [0.1, 0.15) is 5.82 Å². The van der Waals surface area contributed by atoms with Crippen molar-refractivity contribution >= 4 is 11.8 Å². The first kappa shape index (κ1) is 23.9. The van der Waals surface area contributed by atoms with E-state index in [1.807, 2.05) is 12.4 Å². The van der Waals surface area contributed by atoms with Gasteiger partial charge in [-0.15, -0.1) is 0 Å². The molecule has 0 amide bonds. The molecule has 7 heteroatoms. The number of aromatic nitrogens is 3. The highest BCUT2D eigenvalue weighted by molar-refractivity contribution is 5.73. The summed E-state index contributed by atoms with van der Waals surface area (Å²) in [6, 6.07) is 5.55. The van der Waals surface area contributed by atoms with Gasteiger partial charge in [0.25, 0.3) is 0 Å². The fourth-order valence-electron chi connectivity index (χ4n) is 5.10. The first-order valence-electron chi connectivity index (χ1n) is 12.8. The summed E-state index contributed by atoms with van der Waals surface area (Å²) in [6.07, 6.45) is 13.1. The maximum atomic E-state index is 9.89. The molecule has 2 fully saturated rings. The molecule has 0 spiro atoms. The molecule has 3 heterocycles. The number of hydrogen-bond donors (Lipinski definition) is 3. The zero-order valence-corrected chi connectivity index (χ0v) is 20.4. The lowest BCUT2D eigenvalue weighted by atomic mass is 9.93. The van der Waals surface area contributed by atoms with E-state index in [-0.39, 0.29) is 6.10 Å². The third-order valence-corrected chi connectivity index (χ3v) is 7.17. The highest BCUT2D eigenvalue weighted by Crippen LogP contribution is 2.29. The number of pyridine rings is 1. The predicted molar refractivity (Wildman–Crippen MR) is 134 cm³/mol. The lowest BCUT2D eigenvalue weighted by Gasteiger charge is -2.27. The van der Waals surface area contributed by atoms with Crippen LogP contribution in [0.25, 0.3) is 11.3 Å². The number of likely N-dealkylation sites (N-methyl/N-ethyl adjacent to an activating group) is 1. The second kappa shape index (κ2) is 11.3. The van der Waals surface area contributed by atoms with Crippen molar-refractivity contribution in [1.29, 1.82) is 0 Å². The van der Waals surface area contributed by atoms with Crippen molar-refractivity contribution in [3.8, 4) is 11.3 Å². The molecule has 2 aromatic heterocycles. The number of aliphatic hydroxyl groups is 1. The van der Waals surface area contributed by atoms with E-state index in [0.717, 1.165) is 62.0 Å². The van der Waals surface area contributed by atoms with Crippen LogP contribution in [0, 0.1) is 0 Å². The van der Waals surface area contributed by atoms with Crippen LogP contribution in [0.5, 0.6) is 0 Å². The maximum absolute atomic E-state index is 9.89. The van der Waals surface area contributed by atoms with Crippen LogP contribution in [0.4, 0.5) is 11.8 Å². The fraction of sp³-hybridized carbons (Fsp3) is 0.654. The number of likely N-dealkylation sites (tertiary alicyclic amines) is 1. The zero-order chi connectivity index (χ0) is 23.2. The van der Waals surface area contributed by atoms with Gasteiger partial charge in [0, 0.05) is 30.5 Å². The van der Waals surface area contributed by atoms with E-state index < -0.39 is 0 Å². The summed E-state index contributed by atoms with van der Waals surface area (Å²) in [5, 5.41) is 17.0. The Bertz CT molecular complexity index is 881. The highest BCUT2D eigenvalue weighted by atomic mass is 16.3. The standard InChI is InChI=1S/C26H40N6O/c1-4-6-18(2)29-26-28-17-23(25(31-26)30-20-9-11-22(33)12-10-20)24-13-8-19(16-27-24)15-21-7-5-14-32(21)3/h8,13,16-18,20-22,33H,4-7,9-12,14-15H2,1-3H3,(H2,28,29,30,31)/t18-,20?,21?,22?/m0/s1. The van der Waals surface area contributed by atoms with E-state index in [9.17, 15) is 5.11 Å². The summed E-state index contributed by atoms with van der Waals surface area (Å²) in [5.74, 6) is 1.48. The molecular weight excluding hydrogens is 412 g/mol. The fourth-order valence-corrected chi connectivity index (χ4v) is 5.10. The van der Waals surface area contributed by atoms with Crippen LogP contribution in [0.1, 0.15) is 70.8 Å². The van der Waals surface area contributed by atoms with E-state index in [1.54, 1.807) is 0 Å². The monoisotopic (exact) mass is 452 g/mol. The lowest BCUT2D eigenvalue weighted by molar-refractivity contribution is 0.126. The Kier molecular flexibility index (Phi) is 8.15. The minimum atomic E-state index is -0.173. The average molecular weight is 453 g/mol. The second-order valence-corrected chi connectivity index (χ2v) is 9.97. The minimum Gasteiger partial charge on any atom is -0.393 e. The molecule has 3 N–H and O–H groups in total. The molecule has 180 valence electrons. The Balaban J connectivity index is 1.53. The summed E-state index contributed by atoms with van der Waals surface area (Å²) in [5.41, 5.74) is 3.10. The molecule has 1 aliphatic heterocycles. The number of aliphatic hydroxyl groups excluding tert-OH is 1. The van der Waals surface area contributed by atoms with Crippen molar-refractivity contribution in [2.45, 2.75) is 95.9 Å². The Morgan fingerprint density at radius 1 is 1.12 bits per heavy atom. The quantitative estimate of drug-likeness (QED) is 0.517. The summed E-state index contributed by atoms with van der Waals surface area (Å²) < 4.78 is 0. The van der Waals surface area contributed by atoms with Gasteiger partial charge in [-0.05, 0) is 83.5 Å². The van der Waals surface area contributed by atoms with E-state index in [4.69, 9.17) is 9.97 Å². The van der Waals surface area contributed by atoms with Crippen molar-refractivity contribution in [1.82, 2.24) is 19.9 Å². The summed E-state index contributed by atoms with van der Waals surface area (Å²) in [6.45, 7) is 5.54. The smallest absolute Gasteiger partial charge is 0.224 e. The molecule has 0 bridgehead atoms. The third kappa shape index (κ3) is 6.42. The third-order valence-electron chi connectivity index (χ3n) is 7.17. The average Bonchev–Trinajstić information content (AvgIpc) is 3.21. The van der Waals surface area contributed by atoms with Crippen LogP contribution >= 0.6 is 0 Å². The number of anilines is 2. The van der Waals surface area contributed by atoms with E-state index >= 15 is 0 Å². The molecule has 0 aromatic carbocycles. The highest BCUT2D eigenvalue weighted by Gasteiger charge is 2.23. The van der Waals surface area contributed by atoms with Crippen LogP contribution in [-0.4, -0.2) is 62.8 Å². The van der Waals surface area contributed by atoms with Gasteiger partial charge in [-0.25, -0.2) is 4.98 Å². The molecule has 2 aromatic rings. The van der Waals surface area contributed by atoms with Gasteiger partial charge in [0.05, 0.1) is 17.4 Å². The molecule has 1 saturated heterocycles.